The van der Waals surface area contributed by atoms with Crippen molar-refractivity contribution in [1.29, 1.82) is 0 Å². The number of methoxy groups -OCH3 is 1. The molecule has 0 saturated carbocycles. The minimum Gasteiger partial charge on any atom is -0.496 e. The Kier molecular flexibility index (Phi) is 7.37. The molecule has 1 aromatic carbocycles. The largest absolute Gasteiger partial charge is 0.496 e. The van der Waals surface area contributed by atoms with Gasteiger partial charge in [0.25, 0.3) is 0 Å². The molecule has 1 N–H and O–H groups in total. The van der Waals surface area contributed by atoms with E-state index in [2.05, 4.69) is 36.2 Å². The van der Waals surface area contributed by atoms with Gasteiger partial charge in [-0.1, -0.05) is 32.0 Å². The van der Waals surface area contributed by atoms with Crippen LogP contribution in [0.1, 0.15) is 25.8 Å². The van der Waals surface area contributed by atoms with Crippen molar-refractivity contribution in [3.8, 4) is 5.75 Å². The van der Waals surface area contributed by atoms with Gasteiger partial charge in [-0.3, -0.25) is 4.90 Å². The predicted octanol–water partition coefficient (Wildman–Crippen LogP) is 2.61. The van der Waals surface area contributed by atoms with Gasteiger partial charge >= 0.3 is 6.03 Å². The van der Waals surface area contributed by atoms with Gasteiger partial charge in [-0.2, -0.15) is 0 Å². The van der Waals surface area contributed by atoms with Crippen LogP contribution in [0.5, 0.6) is 5.75 Å². The van der Waals surface area contributed by atoms with Crippen molar-refractivity contribution in [2.45, 2.75) is 26.7 Å². The van der Waals surface area contributed by atoms with E-state index in [1.54, 1.807) is 7.11 Å². The summed E-state index contributed by atoms with van der Waals surface area (Å²) in [6, 6.07) is 8.30. The van der Waals surface area contributed by atoms with E-state index in [0.717, 1.165) is 57.9 Å². The predicted molar refractivity (Wildman–Crippen MR) is 97.6 cm³/mol. The van der Waals surface area contributed by atoms with Gasteiger partial charge in [-0.05, 0) is 36.9 Å². The Labute approximate surface area is 146 Å². The summed E-state index contributed by atoms with van der Waals surface area (Å²) in [4.78, 5) is 16.4. The van der Waals surface area contributed by atoms with Gasteiger partial charge in [0.05, 0.1) is 7.11 Å². The first-order valence-electron chi connectivity index (χ1n) is 8.97. The van der Waals surface area contributed by atoms with Gasteiger partial charge in [-0.25, -0.2) is 4.79 Å². The Balaban J connectivity index is 1.67. The highest BCUT2D eigenvalue weighted by atomic mass is 16.5. The van der Waals surface area contributed by atoms with Gasteiger partial charge in [-0.15, -0.1) is 0 Å². The number of nitrogens with zero attached hydrogens (tertiary/aromatic N) is 2. The highest BCUT2D eigenvalue weighted by molar-refractivity contribution is 5.74. The SMILES string of the molecule is COc1ccccc1CCCN1CCN(C(=O)NCC(C)C)CC1. The molecule has 0 radical (unpaired) electrons. The lowest BCUT2D eigenvalue weighted by atomic mass is 10.1. The first-order valence-corrected chi connectivity index (χ1v) is 8.97. The van der Waals surface area contributed by atoms with Crippen molar-refractivity contribution in [2.24, 2.45) is 5.92 Å². The zero-order chi connectivity index (χ0) is 17.4. The van der Waals surface area contributed by atoms with Crippen LogP contribution in [0.3, 0.4) is 0 Å². The topological polar surface area (TPSA) is 44.8 Å². The van der Waals surface area contributed by atoms with Crippen molar-refractivity contribution in [2.75, 3.05) is 46.4 Å². The standard InChI is InChI=1S/C19H31N3O2/c1-16(2)15-20-19(23)22-13-11-21(12-14-22)10-6-8-17-7-4-5-9-18(17)24-3/h4-5,7,9,16H,6,8,10-15H2,1-3H3,(H,20,23). The number of para-hydroxylation sites is 1. The van der Waals surface area contributed by atoms with Crippen molar-refractivity contribution in [3.63, 3.8) is 0 Å². The zero-order valence-electron chi connectivity index (χ0n) is 15.3. The van der Waals surface area contributed by atoms with Crippen molar-refractivity contribution in [1.82, 2.24) is 15.1 Å². The summed E-state index contributed by atoms with van der Waals surface area (Å²) < 4.78 is 5.40. The van der Waals surface area contributed by atoms with Crippen LogP contribution in [-0.2, 0) is 6.42 Å². The van der Waals surface area contributed by atoms with Crippen molar-refractivity contribution >= 4 is 6.03 Å². The Hall–Kier alpha value is -1.75. The molecule has 5 nitrogen and oxygen atoms in total. The Morgan fingerprint density at radius 2 is 1.92 bits per heavy atom. The number of amides is 2. The van der Waals surface area contributed by atoms with Crippen LogP contribution < -0.4 is 10.1 Å². The zero-order valence-corrected chi connectivity index (χ0v) is 15.3. The van der Waals surface area contributed by atoms with Gasteiger partial charge in [0, 0.05) is 32.7 Å². The molecular formula is C19H31N3O2. The molecule has 134 valence electrons. The van der Waals surface area contributed by atoms with Crippen LogP contribution in [-0.4, -0.2) is 62.2 Å². The molecule has 1 aromatic rings. The van der Waals surface area contributed by atoms with E-state index in [1.165, 1.54) is 5.56 Å². The average Bonchev–Trinajstić information content (AvgIpc) is 2.60. The Bertz CT molecular complexity index is 511. The van der Waals surface area contributed by atoms with E-state index in [1.807, 2.05) is 17.0 Å². The quantitative estimate of drug-likeness (QED) is 0.834. The molecule has 24 heavy (non-hydrogen) atoms. The fraction of sp³-hybridized carbons (Fsp3) is 0.632. The highest BCUT2D eigenvalue weighted by Gasteiger charge is 2.20. The summed E-state index contributed by atoms with van der Waals surface area (Å²) in [5.74, 6) is 1.47. The number of piperazine rings is 1. The van der Waals surface area contributed by atoms with Crippen molar-refractivity contribution in [3.05, 3.63) is 29.8 Å². The van der Waals surface area contributed by atoms with Crippen LogP contribution in [0, 0.1) is 5.92 Å². The number of aryl methyl sites for hydroxylation is 1. The van der Waals surface area contributed by atoms with Crippen LogP contribution >= 0.6 is 0 Å². The highest BCUT2D eigenvalue weighted by Crippen LogP contribution is 2.19. The molecule has 1 saturated heterocycles. The fourth-order valence-electron chi connectivity index (χ4n) is 2.98. The minimum atomic E-state index is 0.0809. The van der Waals surface area contributed by atoms with Gasteiger partial charge in [0.15, 0.2) is 0 Å². The summed E-state index contributed by atoms with van der Waals surface area (Å²) in [6.45, 7) is 9.59. The molecule has 0 spiro atoms. The first-order chi connectivity index (χ1) is 11.6. The molecule has 1 aliphatic rings. The summed E-state index contributed by atoms with van der Waals surface area (Å²) in [6.07, 6.45) is 2.14. The third-order valence-electron chi connectivity index (χ3n) is 4.43. The van der Waals surface area contributed by atoms with E-state index >= 15 is 0 Å². The number of rotatable bonds is 7. The molecule has 0 aromatic heterocycles. The maximum Gasteiger partial charge on any atom is 0.317 e. The molecule has 0 atom stereocenters. The second-order valence-corrected chi connectivity index (χ2v) is 6.82. The van der Waals surface area contributed by atoms with Gasteiger partial charge < -0.3 is 15.0 Å². The smallest absolute Gasteiger partial charge is 0.317 e. The molecule has 0 unspecified atom stereocenters. The van der Waals surface area contributed by atoms with E-state index in [9.17, 15) is 4.79 Å². The Morgan fingerprint density at radius 3 is 2.58 bits per heavy atom. The third kappa shape index (κ3) is 5.71. The molecular weight excluding hydrogens is 302 g/mol. The minimum absolute atomic E-state index is 0.0809. The number of urea groups is 1. The Morgan fingerprint density at radius 1 is 1.21 bits per heavy atom. The van der Waals surface area contributed by atoms with E-state index in [4.69, 9.17) is 4.74 Å². The molecule has 1 aliphatic heterocycles. The molecule has 1 fully saturated rings. The first kappa shape index (κ1) is 18.6. The van der Waals surface area contributed by atoms with Crippen LogP contribution in [0.25, 0.3) is 0 Å². The molecule has 1 heterocycles. The maximum absolute atomic E-state index is 12.1. The number of carbonyl (C=O) groups excluding carboxylic acids is 1. The molecule has 5 heteroatoms. The van der Waals surface area contributed by atoms with E-state index < -0.39 is 0 Å². The van der Waals surface area contributed by atoms with E-state index in [-0.39, 0.29) is 6.03 Å². The van der Waals surface area contributed by atoms with Crippen LogP contribution in [0.2, 0.25) is 0 Å². The average molecular weight is 333 g/mol. The number of hydrogen-bond acceptors (Lipinski definition) is 3. The number of benzene rings is 1. The lowest BCUT2D eigenvalue weighted by molar-refractivity contribution is 0.138. The number of carbonyl (C=O) groups is 1. The van der Waals surface area contributed by atoms with Crippen LogP contribution in [0.4, 0.5) is 4.79 Å². The lowest BCUT2D eigenvalue weighted by Crippen LogP contribution is -2.52. The van der Waals surface area contributed by atoms with Crippen molar-refractivity contribution < 1.29 is 9.53 Å². The molecule has 0 aliphatic carbocycles. The number of ether oxygens (including phenoxy) is 1. The molecule has 2 amide bonds. The summed E-state index contributed by atoms with van der Waals surface area (Å²) in [7, 11) is 1.72. The summed E-state index contributed by atoms with van der Waals surface area (Å²) in [5.41, 5.74) is 1.27. The molecule has 2 rings (SSSR count). The number of nitrogens with one attached hydrogen (secondary N) is 1. The fourth-order valence-corrected chi connectivity index (χ4v) is 2.98. The molecule has 0 bridgehead atoms. The second-order valence-electron chi connectivity index (χ2n) is 6.82. The lowest BCUT2D eigenvalue weighted by Gasteiger charge is -2.34. The normalized spacial score (nSPS) is 15.6. The maximum atomic E-state index is 12.1. The van der Waals surface area contributed by atoms with E-state index in [0.29, 0.717) is 5.92 Å². The number of hydrogen-bond donors (Lipinski definition) is 1. The van der Waals surface area contributed by atoms with Crippen LogP contribution in [0.15, 0.2) is 24.3 Å². The van der Waals surface area contributed by atoms with Gasteiger partial charge in [0.2, 0.25) is 0 Å². The third-order valence-corrected chi connectivity index (χ3v) is 4.43. The summed E-state index contributed by atoms with van der Waals surface area (Å²) in [5, 5.41) is 3.00. The second kappa shape index (κ2) is 9.52. The van der Waals surface area contributed by atoms with Gasteiger partial charge in [0.1, 0.15) is 5.75 Å². The summed E-state index contributed by atoms with van der Waals surface area (Å²) >= 11 is 0. The monoisotopic (exact) mass is 333 g/mol.